The zero-order chi connectivity index (χ0) is 14.8. The van der Waals surface area contributed by atoms with Crippen molar-refractivity contribution in [2.45, 2.75) is 4.90 Å². The maximum absolute atomic E-state index is 12.2. The van der Waals surface area contributed by atoms with E-state index in [4.69, 9.17) is 22.6 Å². The van der Waals surface area contributed by atoms with Crippen LogP contribution in [0.3, 0.4) is 0 Å². The fourth-order valence-electron chi connectivity index (χ4n) is 1.60. The van der Waals surface area contributed by atoms with Crippen LogP contribution in [-0.2, 0) is 10.0 Å². The summed E-state index contributed by atoms with van der Waals surface area (Å²) in [5, 5.41) is 9.06. The average Bonchev–Trinajstić information content (AvgIpc) is 2.41. The number of sulfonamides is 1. The van der Waals surface area contributed by atoms with Crippen LogP contribution < -0.4 is 10.5 Å². The number of halogens is 1. The Balaban J connectivity index is 2.41. The largest absolute Gasteiger partial charge is 0.398 e. The Labute approximate surface area is 121 Å². The molecule has 2 aromatic carbocycles. The van der Waals surface area contributed by atoms with Gasteiger partial charge in [0.15, 0.2) is 0 Å². The van der Waals surface area contributed by atoms with E-state index < -0.39 is 10.0 Å². The molecular formula is C13H10ClN3O2S. The van der Waals surface area contributed by atoms with Crippen molar-refractivity contribution in [3.63, 3.8) is 0 Å². The standard InChI is InChI=1S/C13H10ClN3O2S/c14-10-4-5-12(16)13(7-10)20(18,19)17-11-3-1-2-9(6-11)8-15/h1-7,17H,16H2. The first-order valence-corrected chi connectivity index (χ1v) is 7.36. The van der Waals surface area contributed by atoms with E-state index >= 15 is 0 Å². The SMILES string of the molecule is N#Cc1cccc(NS(=O)(=O)c2cc(Cl)ccc2N)c1. The van der Waals surface area contributed by atoms with Crippen LogP contribution in [0.25, 0.3) is 0 Å². The van der Waals surface area contributed by atoms with Gasteiger partial charge in [0, 0.05) is 5.02 Å². The van der Waals surface area contributed by atoms with E-state index in [-0.39, 0.29) is 21.3 Å². The highest BCUT2D eigenvalue weighted by molar-refractivity contribution is 7.92. The van der Waals surface area contributed by atoms with Gasteiger partial charge in [-0.25, -0.2) is 8.42 Å². The molecule has 0 aliphatic carbocycles. The fraction of sp³-hybridized carbons (Fsp3) is 0. The minimum atomic E-state index is -3.86. The number of nitrogens with zero attached hydrogens (tertiary/aromatic N) is 1. The lowest BCUT2D eigenvalue weighted by Crippen LogP contribution is -2.14. The van der Waals surface area contributed by atoms with Crippen LogP contribution in [0.5, 0.6) is 0 Å². The molecule has 0 spiro atoms. The molecule has 0 saturated carbocycles. The molecular weight excluding hydrogens is 298 g/mol. The molecule has 2 aromatic rings. The van der Waals surface area contributed by atoms with E-state index in [1.54, 1.807) is 18.2 Å². The first kappa shape index (κ1) is 14.2. The van der Waals surface area contributed by atoms with Gasteiger partial charge in [0.2, 0.25) is 0 Å². The zero-order valence-electron chi connectivity index (χ0n) is 10.2. The molecule has 2 rings (SSSR count). The Morgan fingerprint density at radius 3 is 2.65 bits per heavy atom. The number of nitrogen functional groups attached to an aromatic ring is 1. The monoisotopic (exact) mass is 307 g/mol. The smallest absolute Gasteiger partial charge is 0.263 e. The molecule has 0 aromatic heterocycles. The summed E-state index contributed by atoms with van der Waals surface area (Å²) < 4.78 is 26.8. The van der Waals surface area contributed by atoms with Crippen LogP contribution in [0.15, 0.2) is 47.4 Å². The Bertz CT molecular complexity index is 798. The quantitative estimate of drug-likeness (QED) is 0.852. The lowest BCUT2D eigenvalue weighted by molar-refractivity contribution is 0.601. The van der Waals surface area contributed by atoms with Gasteiger partial charge in [0.25, 0.3) is 10.0 Å². The number of hydrogen-bond donors (Lipinski definition) is 2. The number of benzene rings is 2. The van der Waals surface area contributed by atoms with Crippen molar-refractivity contribution >= 4 is 33.0 Å². The molecule has 20 heavy (non-hydrogen) atoms. The van der Waals surface area contributed by atoms with Crippen molar-refractivity contribution in [3.8, 4) is 6.07 Å². The van der Waals surface area contributed by atoms with Crippen molar-refractivity contribution in [1.29, 1.82) is 5.26 Å². The van der Waals surface area contributed by atoms with Gasteiger partial charge in [-0.05, 0) is 36.4 Å². The number of rotatable bonds is 3. The topological polar surface area (TPSA) is 96.0 Å². The molecule has 0 aliphatic heterocycles. The van der Waals surface area contributed by atoms with Gasteiger partial charge in [0.1, 0.15) is 4.90 Å². The summed E-state index contributed by atoms with van der Waals surface area (Å²) in [6, 6.07) is 12.3. The predicted molar refractivity (Wildman–Crippen MR) is 77.8 cm³/mol. The van der Waals surface area contributed by atoms with Gasteiger partial charge < -0.3 is 5.73 Å². The molecule has 3 N–H and O–H groups in total. The number of nitrogens with two attached hydrogens (primary N) is 1. The van der Waals surface area contributed by atoms with Gasteiger partial charge in [-0.3, -0.25) is 4.72 Å². The van der Waals surface area contributed by atoms with Crippen LogP contribution in [0.1, 0.15) is 5.56 Å². The summed E-state index contributed by atoms with van der Waals surface area (Å²) in [7, 11) is -3.86. The molecule has 0 heterocycles. The maximum Gasteiger partial charge on any atom is 0.263 e. The normalized spacial score (nSPS) is 10.8. The molecule has 0 radical (unpaired) electrons. The molecule has 0 atom stereocenters. The Morgan fingerprint density at radius 1 is 1.20 bits per heavy atom. The minimum Gasteiger partial charge on any atom is -0.398 e. The van der Waals surface area contributed by atoms with Crippen molar-refractivity contribution < 1.29 is 8.42 Å². The Kier molecular flexibility index (Phi) is 3.84. The highest BCUT2D eigenvalue weighted by Crippen LogP contribution is 2.25. The lowest BCUT2D eigenvalue weighted by atomic mass is 10.2. The van der Waals surface area contributed by atoms with Crippen LogP contribution in [0.2, 0.25) is 5.02 Å². The molecule has 5 nitrogen and oxygen atoms in total. The van der Waals surface area contributed by atoms with E-state index in [1.165, 1.54) is 24.3 Å². The fourth-order valence-corrected chi connectivity index (χ4v) is 3.05. The van der Waals surface area contributed by atoms with Crippen LogP contribution >= 0.6 is 11.6 Å². The zero-order valence-corrected chi connectivity index (χ0v) is 11.7. The molecule has 7 heteroatoms. The first-order chi connectivity index (χ1) is 9.42. The summed E-state index contributed by atoms with van der Waals surface area (Å²) in [4.78, 5) is -0.104. The number of nitrogens with one attached hydrogen (secondary N) is 1. The highest BCUT2D eigenvalue weighted by Gasteiger charge is 2.18. The van der Waals surface area contributed by atoms with E-state index in [2.05, 4.69) is 4.72 Å². The number of anilines is 2. The predicted octanol–water partition coefficient (Wildman–Crippen LogP) is 2.59. The second-order valence-electron chi connectivity index (χ2n) is 3.98. The van der Waals surface area contributed by atoms with Crippen LogP contribution in [0, 0.1) is 11.3 Å². The Morgan fingerprint density at radius 2 is 1.95 bits per heavy atom. The molecule has 0 saturated heterocycles. The third-order valence-electron chi connectivity index (χ3n) is 2.51. The van der Waals surface area contributed by atoms with Crippen LogP contribution in [-0.4, -0.2) is 8.42 Å². The highest BCUT2D eigenvalue weighted by atomic mass is 35.5. The van der Waals surface area contributed by atoms with Gasteiger partial charge in [0.05, 0.1) is 23.0 Å². The van der Waals surface area contributed by atoms with E-state index in [0.717, 1.165) is 0 Å². The van der Waals surface area contributed by atoms with E-state index in [1.807, 2.05) is 6.07 Å². The molecule has 0 unspecified atom stereocenters. The summed E-state index contributed by atoms with van der Waals surface area (Å²) in [6.07, 6.45) is 0. The van der Waals surface area contributed by atoms with Gasteiger partial charge in [-0.1, -0.05) is 17.7 Å². The second-order valence-corrected chi connectivity index (χ2v) is 6.07. The third-order valence-corrected chi connectivity index (χ3v) is 4.18. The molecule has 0 amide bonds. The Hall–Kier alpha value is -2.23. The van der Waals surface area contributed by atoms with Crippen molar-refractivity contribution in [1.82, 2.24) is 0 Å². The van der Waals surface area contributed by atoms with Gasteiger partial charge in [-0.2, -0.15) is 5.26 Å². The van der Waals surface area contributed by atoms with E-state index in [0.29, 0.717) is 5.56 Å². The second kappa shape index (κ2) is 5.41. The average molecular weight is 308 g/mol. The van der Waals surface area contributed by atoms with Crippen molar-refractivity contribution in [2.75, 3.05) is 10.5 Å². The summed E-state index contributed by atoms with van der Waals surface area (Å²) in [6.45, 7) is 0. The van der Waals surface area contributed by atoms with Crippen LogP contribution in [0.4, 0.5) is 11.4 Å². The number of hydrogen-bond acceptors (Lipinski definition) is 4. The molecule has 102 valence electrons. The van der Waals surface area contributed by atoms with Gasteiger partial charge >= 0.3 is 0 Å². The molecule has 0 aliphatic rings. The summed E-state index contributed by atoms with van der Waals surface area (Å²) >= 11 is 5.78. The summed E-state index contributed by atoms with van der Waals surface area (Å²) in [5.74, 6) is 0. The molecule has 0 bridgehead atoms. The lowest BCUT2D eigenvalue weighted by Gasteiger charge is -2.10. The summed E-state index contributed by atoms with van der Waals surface area (Å²) in [5.41, 5.74) is 6.38. The molecule has 0 fully saturated rings. The number of nitriles is 1. The van der Waals surface area contributed by atoms with E-state index in [9.17, 15) is 8.42 Å². The van der Waals surface area contributed by atoms with Crippen molar-refractivity contribution in [2.24, 2.45) is 0 Å². The minimum absolute atomic E-state index is 0.0957. The van der Waals surface area contributed by atoms with Crippen molar-refractivity contribution in [3.05, 3.63) is 53.1 Å². The van der Waals surface area contributed by atoms with Gasteiger partial charge in [-0.15, -0.1) is 0 Å². The third kappa shape index (κ3) is 3.02. The maximum atomic E-state index is 12.2. The first-order valence-electron chi connectivity index (χ1n) is 5.50.